The Hall–Kier alpha value is -2.29. The van der Waals surface area contributed by atoms with Gasteiger partial charge >= 0.3 is 0 Å². The molecule has 204 valence electrons. The van der Waals surface area contributed by atoms with Gasteiger partial charge in [0.2, 0.25) is 21.8 Å². The van der Waals surface area contributed by atoms with E-state index in [1.54, 1.807) is 23.1 Å². The molecule has 0 heterocycles. The standard InChI is InChI=1S/C27H37Cl2N3O4S/c1-7-24(27(34)30-18(2)3)31(17-21-12-13-22(28)23(29)16-21)26(33)9-8-14-32(37(6,35)36)25-15-19(4)10-11-20(25)5/h10-13,15-16,18,24H,7-9,14,17H2,1-6H3,(H,30,34)/t24-/m0/s1. The van der Waals surface area contributed by atoms with E-state index in [0.717, 1.165) is 22.9 Å². The summed E-state index contributed by atoms with van der Waals surface area (Å²) >= 11 is 12.2. The van der Waals surface area contributed by atoms with Gasteiger partial charge in [0.1, 0.15) is 6.04 Å². The maximum atomic E-state index is 13.5. The first-order chi connectivity index (χ1) is 17.2. The Morgan fingerprint density at radius 1 is 1.03 bits per heavy atom. The number of carbonyl (C=O) groups excluding carboxylic acids is 2. The van der Waals surface area contributed by atoms with Gasteiger partial charge in [-0.2, -0.15) is 0 Å². The molecule has 0 fully saturated rings. The normalized spacial score (nSPS) is 12.4. The molecular formula is C27H37Cl2N3O4S. The van der Waals surface area contributed by atoms with Crippen molar-refractivity contribution in [2.24, 2.45) is 0 Å². The van der Waals surface area contributed by atoms with Gasteiger partial charge in [-0.1, -0.05) is 48.3 Å². The molecule has 0 saturated carbocycles. The Morgan fingerprint density at radius 3 is 2.27 bits per heavy atom. The van der Waals surface area contributed by atoms with Crippen molar-refractivity contribution in [3.05, 3.63) is 63.1 Å². The summed E-state index contributed by atoms with van der Waals surface area (Å²) in [5, 5.41) is 3.66. The largest absolute Gasteiger partial charge is 0.352 e. The molecular weight excluding hydrogens is 533 g/mol. The molecule has 2 rings (SSSR count). The molecule has 0 aliphatic heterocycles. The lowest BCUT2D eigenvalue weighted by molar-refractivity contribution is -0.141. The van der Waals surface area contributed by atoms with Gasteiger partial charge in [-0.15, -0.1) is 0 Å². The molecule has 0 unspecified atom stereocenters. The second-order valence-electron chi connectivity index (χ2n) is 9.59. The fraction of sp³-hybridized carbons (Fsp3) is 0.481. The number of halogens is 2. The van der Waals surface area contributed by atoms with Crippen LogP contribution >= 0.6 is 23.2 Å². The number of carbonyl (C=O) groups is 2. The lowest BCUT2D eigenvalue weighted by atomic mass is 10.1. The Morgan fingerprint density at radius 2 is 1.70 bits per heavy atom. The maximum Gasteiger partial charge on any atom is 0.243 e. The summed E-state index contributed by atoms with van der Waals surface area (Å²) < 4.78 is 26.6. The lowest BCUT2D eigenvalue weighted by Gasteiger charge is -2.32. The zero-order valence-corrected chi connectivity index (χ0v) is 24.7. The van der Waals surface area contributed by atoms with E-state index >= 15 is 0 Å². The van der Waals surface area contributed by atoms with E-state index in [2.05, 4.69) is 5.32 Å². The van der Waals surface area contributed by atoms with Crippen LogP contribution in [0.25, 0.3) is 0 Å². The Kier molecular flexibility index (Phi) is 11.3. The lowest BCUT2D eigenvalue weighted by Crippen LogP contribution is -2.50. The van der Waals surface area contributed by atoms with Crippen molar-refractivity contribution in [1.29, 1.82) is 0 Å². The second-order valence-corrected chi connectivity index (χ2v) is 12.3. The maximum absolute atomic E-state index is 13.5. The molecule has 10 heteroatoms. The number of nitrogens with one attached hydrogen (secondary N) is 1. The number of hydrogen-bond donors (Lipinski definition) is 1. The summed E-state index contributed by atoms with van der Waals surface area (Å²) in [6.07, 6.45) is 1.95. The molecule has 0 aliphatic rings. The van der Waals surface area contributed by atoms with Gasteiger partial charge < -0.3 is 10.2 Å². The quantitative estimate of drug-likeness (QED) is 0.366. The topological polar surface area (TPSA) is 86.8 Å². The Labute approximate surface area is 231 Å². The molecule has 2 aromatic rings. The van der Waals surface area contributed by atoms with Gasteiger partial charge in [0.05, 0.1) is 22.0 Å². The molecule has 0 saturated heterocycles. The van der Waals surface area contributed by atoms with Crippen LogP contribution in [0.1, 0.15) is 56.7 Å². The minimum Gasteiger partial charge on any atom is -0.352 e. The highest BCUT2D eigenvalue weighted by Gasteiger charge is 2.29. The zero-order valence-electron chi connectivity index (χ0n) is 22.3. The van der Waals surface area contributed by atoms with Crippen LogP contribution in [0.3, 0.4) is 0 Å². The third-order valence-corrected chi connectivity index (χ3v) is 7.86. The number of benzene rings is 2. The number of rotatable bonds is 12. The molecule has 0 spiro atoms. The van der Waals surface area contributed by atoms with Crippen LogP contribution in [-0.2, 0) is 26.2 Å². The average molecular weight is 571 g/mol. The van der Waals surface area contributed by atoms with Crippen molar-refractivity contribution < 1.29 is 18.0 Å². The smallest absolute Gasteiger partial charge is 0.243 e. The molecule has 1 atom stereocenters. The summed E-state index contributed by atoms with van der Waals surface area (Å²) in [5.41, 5.74) is 3.12. The molecule has 2 aromatic carbocycles. The molecule has 37 heavy (non-hydrogen) atoms. The van der Waals surface area contributed by atoms with Gasteiger partial charge in [0, 0.05) is 25.6 Å². The van der Waals surface area contributed by atoms with Crippen molar-refractivity contribution in [2.75, 3.05) is 17.1 Å². The molecule has 2 amide bonds. The van der Waals surface area contributed by atoms with Crippen LogP contribution in [-0.4, -0.2) is 50.0 Å². The third-order valence-electron chi connectivity index (χ3n) is 5.94. The highest BCUT2D eigenvalue weighted by molar-refractivity contribution is 7.92. The van der Waals surface area contributed by atoms with Gasteiger partial charge in [-0.3, -0.25) is 13.9 Å². The van der Waals surface area contributed by atoms with Crippen LogP contribution in [0, 0.1) is 13.8 Å². The summed E-state index contributed by atoms with van der Waals surface area (Å²) in [6, 6.07) is 9.99. The first-order valence-electron chi connectivity index (χ1n) is 12.3. The fourth-order valence-electron chi connectivity index (χ4n) is 4.11. The summed E-state index contributed by atoms with van der Waals surface area (Å²) in [5.74, 6) is -0.481. The van der Waals surface area contributed by atoms with Gasteiger partial charge in [0.25, 0.3) is 0 Å². The highest BCUT2D eigenvalue weighted by atomic mass is 35.5. The summed E-state index contributed by atoms with van der Waals surface area (Å²) in [6.45, 7) is 9.66. The van der Waals surface area contributed by atoms with E-state index in [4.69, 9.17) is 23.2 Å². The minimum absolute atomic E-state index is 0.0731. The average Bonchev–Trinajstić information content (AvgIpc) is 2.79. The zero-order chi connectivity index (χ0) is 27.9. The first-order valence-corrected chi connectivity index (χ1v) is 14.9. The van der Waals surface area contributed by atoms with E-state index in [-0.39, 0.29) is 37.4 Å². The van der Waals surface area contributed by atoms with E-state index in [1.165, 1.54) is 4.31 Å². The predicted molar refractivity (Wildman–Crippen MR) is 152 cm³/mol. The molecule has 0 aromatic heterocycles. The van der Waals surface area contributed by atoms with Gasteiger partial charge in [-0.05, 0) is 75.4 Å². The third kappa shape index (κ3) is 8.90. The predicted octanol–water partition coefficient (Wildman–Crippen LogP) is 5.49. The Balaban J connectivity index is 2.28. The number of amides is 2. The molecule has 0 bridgehead atoms. The fourth-order valence-corrected chi connectivity index (χ4v) is 5.44. The molecule has 0 radical (unpaired) electrons. The van der Waals surface area contributed by atoms with Crippen molar-refractivity contribution in [3.63, 3.8) is 0 Å². The minimum atomic E-state index is -3.56. The highest BCUT2D eigenvalue weighted by Crippen LogP contribution is 2.26. The van der Waals surface area contributed by atoms with Crippen LogP contribution in [0.5, 0.6) is 0 Å². The van der Waals surface area contributed by atoms with Crippen molar-refractivity contribution >= 4 is 50.7 Å². The number of hydrogen-bond acceptors (Lipinski definition) is 4. The number of nitrogens with zero attached hydrogens (tertiary/aromatic N) is 2. The van der Waals surface area contributed by atoms with E-state index < -0.39 is 16.1 Å². The van der Waals surface area contributed by atoms with Crippen molar-refractivity contribution in [2.45, 2.75) is 72.5 Å². The van der Waals surface area contributed by atoms with Crippen LogP contribution in [0.4, 0.5) is 5.69 Å². The van der Waals surface area contributed by atoms with Crippen molar-refractivity contribution in [3.8, 4) is 0 Å². The second kappa shape index (κ2) is 13.5. The van der Waals surface area contributed by atoms with Crippen molar-refractivity contribution in [1.82, 2.24) is 10.2 Å². The van der Waals surface area contributed by atoms with E-state index in [0.29, 0.717) is 28.6 Å². The monoisotopic (exact) mass is 569 g/mol. The van der Waals surface area contributed by atoms with E-state index in [1.807, 2.05) is 52.8 Å². The van der Waals surface area contributed by atoms with Crippen LogP contribution < -0.4 is 9.62 Å². The van der Waals surface area contributed by atoms with Gasteiger partial charge in [0.15, 0.2) is 0 Å². The van der Waals surface area contributed by atoms with Crippen LogP contribution in [0.15, 0.2) is 36.4 Å². The Bertz CT molecular complexity index is 1220. The van der Waals surface area contributed by atoms with Crippen LogP contribution in [0.2, 0.25) is 10.0 Å². The summed E-state index contributed by atoms with van der Waals surface area (Å²) in [4.78, 5) is 28.0. The first kappa shape index (κ1) is 30.9. The van der Waals surface area contributed by atoms with Gasteiger partial charge in [-0.25, -0.2) is 8.42 Å². The summed E-state index contributed by atoms with van der Waals surface area (Å²) in [7, 11) is -3.56. The number of aryl methyl sites for hydroxylation is 2. The number of anilines is 1. The van der Waals surface area contributed by atoms with E-state index in [9.17, 15) is 18.0 Å². The SMILES string of the molecule is CC[C@@H](C(=O)NC(C)C)N(Cc1ccc(Cl)c(Cl)c1)C(=O)CCCN(c1cc(C)ccc1C)S(C)(=O)=O. The number of sulfonamides is 1. The molecule has 7 nitrogen and oxygen atoms in total. The molecule has 0 aliphatic carbocycles. The molecule has 1 N–H and O–H groups in total.